The molecule has 0 saturated carbocycles. The second kappa shape index (κ2) is 10.9. The van der Waals surface area contributed by atoms with Gasteiger partial charge in [0.15, 0.2) is 8.32 Å². The molecule has 0 unspecified atom stereocenters. The Bertz CT molecular complexity index is 323. The third-order valence-corrected chi connectivity index (χ3v) is 18.8. The Balaban J connectivity index is 5.89. The molecule has 152 valence electrons. The van der Waals surface area contributed by atoms with Gasteiger partial charge in [-0.05, 0) is 43.8 Å². The summed E-state index contributed by atoms with van der Waals surface area (Å²) in [6.07, 6.45) is 3.89. The Morgan fingerprint density at radius 3 is 1.12 bits per heavy atom. The van der Waals surface area contributed by atoms with Crippen molar-refractivity contribution in [2.45, 2.75) is 104 Å². The molecule has 0 fully saturated rings. The quantitative estimate of drug-likeness (QED) is 0.385. The minimum Gasteiger partial charge on any atom is -0.436 e. The first-order valence-electron chi connectivity index (χ1n) is 9.91. The fraction of sp³-hybridized carbons (Fsp3) is 1.00. The van der Waals surface area contributed by atoms with Gasteiger partial charge < -0.3 is 21.9 Å². The van der Waals surface area contributed by atoms with Crippen LogP contribution < -0.4 is 0 Å². The largest absolute Gasteiger partial charge is 0.483 e. The molecule has 0 heterocycles. The molecular formula is C16H42O5Si4. The van der Waals surface area contributed by atoms with Gasteiger partial charge in [0.1, 0.15) is 0 Å². The van der Waals surface area contributed by atoms with Gasteiger partial charge in [-0.2, -0.15) is 0 Å². The van der Waals surface area contributed by atoms with E-state index in [-0.39, 0.29) is 0 Å². The highest BCUT2D eigenvalue weighted by atomic mass is 28.5. The molecular weight excluding hydrogens is 385 g/mol. The van der Waals surface area contributed by atoms with Gasteiger partial charge in [-0.15, -0.1) is 0 Å². The Morgan fingerprint density at radius 1 is 0.560 bits per heavy atom. The number of rotatable bonds is 14. The molecule has 0 bridgehead atoms. The van der Waals surface area contributed by atoms with E-state index in [1.165, 1.54) is 6.55 Å². The van der Waals surface area contributed by atoms with E-state index in [0.717, 1.165) is 49.9 Å². The molecule has 2 N–H and O–H groups in total. The third kappa shape index (κ3) is 10.5. The van der Waals surface area contributed by atoms with Crippen molar-refractivity contribution in [3.63, 3.8) is 0 Å². The van der Waals surface area contributed by atoms with Gasteiger partial charge in [0.05, 0.1) is 0 Å². The summed E-state index contributed by atoms with van der Waals surface area (Å²) >= 11 is 0. The van der Waals surface area contributed by atoms with Gasteiger partial charge in [-0.1, -0.05) is 53.4 Å². The van der Waals surface area contributed by atoms with Crippen molar-refractivity contribution in [3.05, 3.63) is 0 Å². The maximum Gasteiger partial charge on any atom is 0.483 e. The second-order valence-electron chi connectivity index (χ2n) is 8.17. The average Bonchev–Trinajstić information content (AvgIpc) is 2.35. The Morgan fingerprint density at radius 2 is 0.880 bits per heavy atom. The van der Waals surface area contributed by atoms with Crippen LogP contribution in [0.15, 0.2) is 0 Å². The predicted octanol–water partition coefficient (Wildman–Crippen LogP) is 4.95. The van der Waals surface area contributed by atoms with Crippen LogP contribution in [0.2, 0.25) is 50.4 Å². The van der Waals surface area contributed by atoms with E-state index in [4.69, 9.17) is 12.3 Å². The number of hydrogen-bond acceptors (Lipinski definition) is 5. The summed E-state index contributed by atoms with van der Waals surface area (Å²) in [5.74, 6) is 0. The van der Waals surface area contributed by atoms with Gasteiger partial charge in [0.2, 0.25) is 0 Å². The topological polar surface area (TPSA) is 68.2 Å². The maximum absolute atomic E-state index is 10.1. The van der Waals surface area contributed by atoms with E-state index in [1.54, 1.807) is 0 Å². The molecule has 0 spiro atoms. The standard InChI is InChI=1S/C16H42O5Si4/c1-9-13-24(14-10-2,19-22(5,6)7)21-25(15-11-3,16-12-4)20-23(8,17)18/h17-18H,9-16H2,1-8H3. The predicted molar refractivity (Wildman–Crippen MR) is 115 cm³/mol. The van der Waals surface area contributed by atoms with Crippen molar-refractivity contribution in [1.82, 2.24) is 0 Å². The summed E-state index contributed by atoms with van der Waals surface area (Å²) in [5.41, 5.74) is 0. The third-order valence-electron chi connectivity index (χ3n) is 3.77. The van der Waals surface area contributed by atoms with Crippen LogP contribution in [0.25, 0.3) is 0 Å². The summed E-state index contributed by atoms with van der Waals surface area (Å²) in [4.78, 5) is 20.2. The van der Waals surface area contributed by atoms with Crippen LogP contribution in [-0.2, 0) is 12.3 Å². The summed E-state index contributed by atoms with van der Waals surface area (Å²) in [6, 6.07) is 3.49. The Kier molecular flexibility index (Phi) is 11.2. The zero-order valence-electron chi connectivity index (χ0n) is 17.8. The lowest BCUT2D eigenvalue weighted by molar-refractivity contribution is 0.204. The molecule has 5 nitrogen and oxygen atoms in total. The normalized spacial score (nSPS) is 14.2. The van der Waals surface area contributed by atoms with Crippen molar-refractivity contribution in [2.24, 2.45) is 0 Å². The maximum atomic E-state index is 10.1. The molecule has 0 rings (SSSR count). The average molecular weight is 427 g/mol. The minimum absolute atomic E-state index is 0.793. The Labute approximate surface area is 160 Å². The molecule has 9 heteroatoms. The van der Waals surface area contributed by atoms with Crippen LogP contribution >= 0.6 is 0 Å². The van der Waals surface area contributed by atoms with Crippen LogP contribution in [0.1, 0.15) is 53.4 Å². The van der Waals surface area contributed by atoms with Crippen LogP contribution in [0.4, 0.5) is 0 Å². The molecule has 0 saturated heterocycles. The molecule has 0 aliphatic heterocycles. The summed E-state index contributed by atoms with van der Waals surface area (Å²) in [7, 11) is -10.6. The second-order valence-corrected chi connectivity index (χ2v) is 22.4. The summed E-state index contributed by atoms with van der Waals surface area (Å²) in [6.45, 7) is 16.6. The fourth-order valence-corrected chi connectivity index (χ4v) is 21.4. The molecule has 0 aromatic rings. The van der Waals surface area contributed by atoms with Crippen molar-refractivity contribution >= 4 is 34.2 Å². The highest BCUT2D eigenvalue weighted by Crippen LogP contribution is 2.35. The lowest BCUT2D eigenvalue weighted by atomic mass is 10.6. The zero-order valence-corrected chi connectivity index (χ0v) is 21.8. The SMILES string of the molecule is CCC[Si](CCC)(O[Si](C)(C)C)O[Si](CCC)(CCC)O[Si](C)(O)O. The van der Waals surface area contributed by atoms with E-state index in [0.29, 0.717) is 0 Å². The van der Waals surface area contributed by atoms with E-state index < -0.39 is 34.2 Å². The Hall–Kier alpha value is 0.668. The first-order chi connectivity index (χ1) is 11.4. The monoisotopic (exact) mass is 426 g/mol. The van der Waals surface area contributed by atoms with Crippen molar-refractivity contribution in [2.75, 3.05) is 0 Å². The van der Waals surface area contributed by atoms with E-state index in [9.17, 15) is 9.59 Å². The molecule has 0 aromatic heterocycles. The van der Waals surface area contributed by atoms with Gasteiger partial charge >= 0.3 is 25.9 Å². The van der Waals surface area contributed by atoms with Crippen molar-refractivity contribution in [1.29, 1.82) is 0 Å². The van der Waals surface area contributed by atoms with Gasteiger partial charge in [0.25, 0.3) is 0 Å². The van der Waals surface area contributed by atoms with Gasteiger partial charge in [-0.25, -0.2) is 0 Å². The first-order valence-corrected chi connectivity index (χ1v) is 20.1. The molecule has 0 atom stereocenters. The van der Waals surface area contributed by atoms with E-state index >= 15 is 0 Å². The van der Waals surface area contributed by atoms with Crippen molar-refractivity contribution < 1.29 is 21.9 Å². The molecule has 0 amide bonds. The van der Waals surface area contributed by atoms with Gasteiger partial charge in [0, 0.05) is 6.55 Å². The highest BCUT2D eigenvalue weighted by Gasteiger charge is 2.51. The van der Waals surface area contributed by atoms with Crippen LogP contribution in [0.5, 0.6) is 0 Å². The molecule has 0 aromatic carbocycles. The smallest absolute Gasteiger partial charge is 0.436 e. The van der Waals surface area contributed by atoms with Crippen LogP contribution in [0, 0.1) is 0 Å². The summed E-state index contributed by atoms with van der Waals surface area (Å²) in [5, 5.41) is 0. The molecule has 0 radical (unpaired) electrons. The number of hydrogen-bond donors (Lipinski definition) is 2. The van der Waals surface area contributed by atoms with Crippen LogP contribution in [0.3, 0.4) is 0 Å². The van der Waals surface area contributed by atoms with Crippen molar-refractivity contribution in [3.8, 4) is 0 Å². The molecule has 0 aliphatic carbocycles. The molecule has 25 heavy (non-hydrogen) atoms. The zero-order chi connectivity index (χ0) is 19.8. The van der Waals surface area contributed by atoms with E-state index in [1.807, 2.05) is 0 Å². The molecule has 0 aliphatic rings. The van der Waals surface area contributed by atoms with Crippen LogP contribution in [-0.4, -0.2) is 43.8 Å². The lowest BCUT2D eigenvalue weighted by Gasteiger charge is -2.45. The van der Waals surface area contributed by atoms with Gasteiger partial charge in [-0.3, -0.25) is 0 Å². The fourth-order valence-electron chi connectivity index (χ4n) is 3.47. The first kappa shape index (κ1) is 25.7. The highest BCUT2D eigenvalue weighted by molar-refractivity contribution is 6.89. The summed E-state index contributed by atoms with van der Waals surface area (Å²) < 4.78 is 19.7. The van der Waals surface area contributed by atoms with E-state index in [2.05, 4.69) is 47.3 Å². The lowest BCUT2D eigenvalue weighted by Crippen LogP contribution is -2.61. The minimum atomic E-state index is -3.66.